The van der Waals surface area contributed by atoms with Crippen molar-refractivity contribution in [3.63, 3.8) is 0 Å². The first-order valence-corrected chi connectivity index (χ1v) is 6.78. The molecule has 0 aliphatic rings. The fraction of sp³-hybridized carbons (Fsp3) is 0.375. The summed E-state index contributed by atoms with van der Waals surface area (Å²) in [6, 6.07) is 7.62. The number of hydrogen-bond acceptors (Lipinski definition) is 4. The molecule has 0 spiro atoms. The van der Waals surface area contributed by atoms with E-state index in [1.54, 1.807) is 6.20 Å². The lowest BCUT2D eigenvalue weighted by Crippen LogP contribution is -2.32. The molecule has 0 aliphatic heterocycles. The van der Waals surface area contributed by atoms with Gasteiger partial charge in [0.15, 0.2) is 0 Å². The molecule has 1 N–H and O–H groups in total. The van der Waals surface area contributed by atoms with Crippen molar-refractivity contribution in [3.05, 3.63) is 36.7 Å². The SMILES string of the molecule is COC(=O)C(CC(C)C)Nc1ccc2ccncc2c1. The lowest BCUT2D eigenvalue weighted by Gasteiger charge is -2.19. The highest BCUT2D eigenvalue weighted by Crippen LogP contribution is 2.20. The molecule has 2 aromatic rings. The second-order valence-corrected chi connectivity index (χ2v) is 5.29. The molecule has 0 saturated heterocycles. The maximum Gasteiger partial charge on any atom is 0.328 e. The lowest BCUT2D eigenvalue weighted by molar-refractivity contribution is -0.141. The quantitative estimate of drug-likeness (QED) is 0.849. The monoisotopic (exact) mass is 272 g/mol. The summed E-state index contributed by atoms with van der Waals surface area (Å²) >= 11 is 0. The summed E-state index contributed by atoms with van der Waals surface area (Å²) in [5, 5.41) is 5.43. The van der Waals surface area contributed by atoms with Crippen LogP contribution in [0.3, 0.4) is 0 Å². The van der Waals surface area contributed by atoms with Crippen LogP contribution in [-0.2, 0) is 9.53 Å². The van der Waals surface area contributed by atoms with Gasteiger partial charge in [0.25, 0.3) is 0 Å². The summed E-state index contributed by atoms with van der Waals surface area (Å²) < 4.78 is 4.86. The molecule has 4 nitrogen and oxygen atoms in total. The first-order chi connectivity index (χ1) is 9.60. The third-order valence-electron chi connectivity index (χ3n) is 3.17. The zero-order valence-electron chi connectivity index (χ0n) is 12.1. The summed E-state index contributed by atoms with van der Waals surface area (Å²) in [5.41, 5.74) is 0.904. The molecule has 1 unspecified atom stereocenters. The van der Waals surface area contributed by atoms with Crippen LogP contribution in [0.5, 0.6) is 0 Å². The van der Waals surface area contributed by atoms with Crippen LogP contribution in [-0.4, -0.2) is 24.1 Å². The number of benzene rings is 1. The molecule has 0 saturated carbocycles. The fourth-order valence-electron chi connectivity index (χ4n) is 2.20. The molecule has 1 atom stereocenters. The Morgan fingerprint density at radius 1 is 1.30 bits per heavy atom. The summed E-state index contributed by atoms with van der Waals surface area (Å²) in [5.74, 6) is 0.179. The molecule has 106 valence electrons. The molecule has 20 heavy (non-hydrogen) atoms. The van der Waals surface area contributed by atoms with Crippen LogP contribution in [0, 0.1) is 5.92 Å². The number of ether oxygens (including phenoxy) is 1. The Kier molecular flexibility index (Phi) is 4.56. The van der Waals surface area contributed by atoms with E-state index in [-0.39, 0.29) is 12.0 Å². The van der Waals surface area contributed by atoms with E-state index in [9.17, 15) is 4.79 Å². The zero-order valence-corrected chi connectivity index (χ0v) is 12.1. The highest BCUT2D eigenvalue weighted by molar-refractivity contribution is 5.86. The molecule has 2 rings (SSSR count). The molecule has 1 heterocycles. The molecule has 1 aromatic heterocycles. The zero-order chi connectivity index (χ0) is 14.5. The average Bonchev–Trinajstić information content (AvgIpc) is 2.45. The molecule has 0 bridgehead atoms. The van der Waals surface area contributed by atoms with Crippen LogP contribution in [0.2, 0.25) is 0 Å². The molecule has 0 fully saturated rings. The Balaban J connectivity index is 2.21. The topological polar surface area (TPSA) is 51.2 Å². The van der Waals surface area contributed by atoms with Crippen molar-refractivity contribution in [1.82, 2.24) is 4.98 Å². The standard InChI is InChI=1S/C16H20N2O2/c1-11(2)8-15(16(19)20-3)18-14-5-4-12-6-7-17-10-13(12)9-14/h4-7,9-11,15,18H,8H2,1-3H3. The van der Waals surface area contributed by atoms with E-state index in [0.717, 1.165) is 22.9 Å². The van der Waals surface area contributed by atoms with E-state index in [1.165, 1.54) is 7.11 Å². The number of rotatable bonds is 5. The Morgan fingerprint density at radius 2 is 2.10 bits per heavy atom. The van der Waals surface area contributed by atoms with Gasteiger partial charge in [0.05, 0.1) is 7.11 Å². The van der Waals surface area contributed by atoms with Gasteiger partial charge in [-0.1, -0.05) is 19.9 Å². The molecular weight excluding hydrogens is 252 g/mol. The summed E-state index contributed by atoms with van der Waals surface area (Å²) in [6.07, 6.45) is 4.32. The third-order valence-corrected chi connectivity index (χ3v) is 3.17. The molecular formula is C16H20N2O2. The second-order valence-electron chi connectivity index (χ2n) is 5.29. The van der Waals surface area contributed by atoms with Crippen LogP contribution >= 0.6 is 0 Å². The van der Waals surface area contributed by atoms with Gasteiger partial charge in [0.1, 0.15) is 6.04 Å². The Bertz CT molecular complexity index is 596. The van der Waals surface area contributed by atoms with Gasteiger partial charge in [-0.15, -0.1) is 0 Å². The normalized spacial score (nSPS) is 12.4. The Labute approximate surface area is 119 Å². The van der Waals surface area contributed by atoms with Crippen molar-refractivity contribution in [2.24, 2.45) is 5.92 Å². The van der Waals surface area contributed by atoms with Crippen LogP contribution in [0.1, 0.15) is 20.3 Å². The summed E-state index contributed by atoms with van der Waals surface area (Å²) in [4.78, 5) is 15.9. The van der Waals surface area contributed by atoms with Crippen molar-refractivity contribution in [2.45, 2.75) is 26.3 Å². The van der Waals surface area contributed by atoms with Crippen molar-refractivity contribution < 1.29 is 9.53 Å². The van der Waals surface area contributed by atoms with Gasteiger partial charge in [0, 0.05) is 23.5 Å². The van der Waals surface area contributed by atoms with Gasteiger partial charge in [-0.25, -0.2) is 4.79 Å². The van der Waals surface area contributed by atoms with Gasteiger partial charge >= 0.3 is 5.97 Å². The third kappa shape index (κ3) is 3.47. The number of hydrogen-bond donors (Lipinski definition) is 1. The predicted molar refractivity (Wildman–Crippen MR) is 80.6 cm³/mol. The van der Waals surface area contributed by atoms with Crippen molar-refractivity contribution in [2.75, 3.05) is 12.4 Å². The molecule has 0 radical (unpaired) electrons. The van der Waals surface area contributed by atoms with Gasteiger partial charge in [-0.2, -0.15) is 0 Å². The molecule has 0 aliphatic carbocycles. The maximum absolute atomic E-state index is 11.8. The average molecular weight is 272 g/mol. The second kappa shape index (κ2) is 6.37. The van der Waals surface area contributed by atoms with E-state index >= 15 is 0 Å². The Hall–Kier alpha value is -2.10. The number of esters is 1. The summed E-state index contributed by atoms with van der Waals surface area (Å²) in [7, 11) is 1.42. The highest BCUT2D eigenvalue weighted by atomic mass is 16.5. The first-order valence-electron chi connectivity index (χ1n) is 6.78. The smallest absolute Gasteiger partial charge is 0.328 e. The fourth-order valence-corrected chi connectivity index (χ4v) is 2.20. The number of anilines is 1. The minimum absolute atomic E-state index is 0.231. The van der Waals surface area contributed by atoms with E-state index in [2.05, 4.69) is 24.1 Å². The number of carbonyl (C=O) groups excluding carboxylic acids is 1. The number of fused-ring (bicyclic) bond motifs is 1. The highest BCUT2D eigenvalue weighted by Gasteiger charge is 2.20. The van der Waals surface area contributed by atoms with E-state index in [0.29, 0.717) is 5.92 Å². The number of nitrogens with zero attached hydrogens (tertiary/aromatic N) is 1. The molecule has 0 amide bonds. The van der Waals surface area contributed by atoms with Crippen LogP contribution in [0.4, 0.5) is 5.69 Å². The Morgan fingerprint density at radius 3 is 2.80 bits per heavy atom. The largest absolute Gasteiger partial charge is 0.467 e. The van der Waals surface area contributed by atoms with Gasteiger partial charge in [-0.05, 0) is 35.9 Å². The van der Waals surface area contributed by atoms with E-state index < -0.39 is 0 Å². The number of aromatic nitrogens is 1. The van der Waals surface area contributed by atoms with Crippen molar-refractivity contribution in [3.8, 4) is 0 Å². The lowest BCUT2D eigenvalue weighted by atomic mass is 10.0. The minimum Gasteiger partial charge on any atom is -0.467 e. The van der Waals surface area contributed by atoms with E-state index in [1.807, 2.05) is 30.5 Å². The number of pyridine rings is 1. The number of carbonyl (C=O) groups is 1. The van der Waals surface area contributed by atoms with Crippen molar-refractivity contribution in [1.29, 1.82) is 0 Å². The maximum atomic E-state index is 11.8. The number of methoxy groups -OCH3 is 1. The molecule has 1 aromatic carbocycles. The van der Waals surface area contributed by atoms with Crippen molar-refractivity contribution >= 4 is 22.4 Å². The van der Waals surface area contributed by atoms with Gasteiger partial charge in [-0.3, -0.25) is 4.98 Å². The van der Waals surface area contributed by atoms with Crippen LogP contribution < -0.4 is 5.32 Å². The molecule has 4 heteroatoms. The number of nitrogens with one attached hydrogen (secondary N) is 1. The predicted octanol–water partition coefficient (Wildman–Crippen LogP) is 3.23. The summed E-state index contributed by atoms with van der Waals surface area (Å²) in [6.45, 7) is 4.17. The minimum atomic E-state index is -0.325. The first kappa shape index (κ1) is 14.3. The van der Waals surface area contributed by atoms with Gasteiger partial charge < -0.3 is 10.1 Å². The van der Waals surface area contributed by atoms with Crippen LogP contribution in [0.25, 0.3) is 10.8 Å². The van der Waals surface area contributed by atoms with Gasteiger partial charge in [0.2, 0.25) is 0 Å². The van der Waals surface area contributed by atoms with E-state index in [4.69, 9.17) is 4.74 Å². The van der Waals surface area contributed by atoms with Crippen LogP contribution in [0.15, 0.2) is 36.7 Å².